The van der Waals surface area contributed by atoms with Crippen LogP contribution in [0.1, 0.15) is 36.2 Å². The fourth-order valence-electron chi connectivity index (χ4n) is 3.35. The molecule has 1 fully saturated rings. The number of benzene rings is 1. The Hall–Kier alpha value is -1.88. The van der Waals surface area contributed by atoms with Gasteiger partial charge in [-0.05, 0) is 36.1 Å². The Bertz CT molecular complexity index is 604. The molecular weight excluding hydrogens is 290 g/mol. The van der Waals surface area contributed by atoms with Crippen molar-refractivity contribution in [2.24, 2.45) is 5.92 Å². The first kappa shape index (κ1) is 16.0. The third kappa shape index (κ3) is 3.72. The molecular formula is C18H25N3O2. The Balaban J connectivity index is 1.64. The number of fused-ring (bicyclic) bond motifs is 1. The number of amides is 2. The number of rotatable bonds is 3. The highest BCUT2D eigenvalue weighted by atomic mass is 16.2. The largest absolute Gasteiger partial charge is 0.336 e. The lowest BCUT2D eigenvalue weighted by molar-refractivity contribution is -0.116. The highest BCUT2D eigenvalue weighted by molar-refractivity contribution is 5.98. The molecule has 0 saturated carbocycles. The van der Waals surface area contributed by atoms with E-state index in [2.05, 4.69) is 24.1 Å². The maximum Gasteiger partial charge on any atom is 0.253 e. The molecule has 3 rings (SSSR count). The molecule has 5 nitrogen and oxygen atoms in total. The second-order valence-corrected chi connectivity index (χ2v) is 6.91. The minimum Gasteiger partial charge on any atom is -0.336 e. The average Bonchev–Trinajstić information content (AvgIpc) is 2.54. The van der Waals surface area contributed by atoms with Gasteiger partial charge in [0.2, 0.25) is 5.91 Å². The Morgan fingerprint density at radius 2 is 1.91 bits per heavy atom. The fourth-order valence-corrected chi connectivity index (χ4v) is 3.35. The van der Waals surface area contributed by atoms with E-state index in [9.17, 15) is 9.59 Å². The average molecular weight is 315 g/mol. The topological polar surface area (TPSA) is 52.7 Å². The lowest BCUT2D eigenvalue weighted by Gasteiger charge is -2.35. The lowest BCUT2D eigenvalue weighted by Crippen LogP contribution is -2.49. The van der Waals surface area contributed by atoms with E-state index in [1.165, 1.54) is 0 Å². The summed E-state index contributed by atoms with van der Waals surface area (Å²) in [4.78, 5) is 28.5. The molecule has 0 bridgehead atoms. The normalized spacial score (nSPS) is 18.7. The van der Waals surface area contributed by atoms with Crippen LogP contribution in [0.5, 0.6) is 0 Å². The van der Waals surface area contributed by atoms with Crippen LogP contribution in [0.2, 0.25) is 0 Å². The quantitative estimate of drug-likeness (QED) is 0.928. The Morgan fingerprint density at radius 1 is 1.17 bits per heavy atom. The zero-order chi connectivity index (χ0) is 16.4. The van der Waals surface area contributed by atoms with E-state index in [4.69, 9.17) is 0 Å². The summed E-state index contributed by atoms with van der Waals surface area (Å²) >= 11 is 0. The first-order valence-corrected chi connectivity index (χ1v) is 8.47. The minimum absolute atomic E-state index is 0.0536. The van der Waals surface area contributed by atoms with Crippen molar-refractivity contribution >= 4 is 17.5 Å². The van der Waals surface area contributed by atoms with Crippen molar-refractivity contribution in [3.8, 4) is 0 Å². The molecule has 0 aromatic heterocycles. The number of nitrogens with zero attached hydrogens (tertiary/aromatic N) is 2. The van der Waals surface area contributed by atoms with Gasteiger partial charge in [0.05, 0.1) is 0 Å². The molecule has 0 spiro atoms. The molecule has 0 atom stereocenters. The van der Waals surface area contributed by atoms with E-state index in [1.54, 1.807) is 0 Å². The highest BCUT2D eigenvalue weighted by Crippen LogP contribution is 2.24. The Kier molecular flexibility index (Phi) is 4.66. The zero-order valence-electron chi connectivity index (χ0n) is 14.0. The third-order valence-electron chi connectivity index (χ3n) is 4.53. The van der Waals surface area contributed by atoms with Crippen LogP contribution in [0, 0.1) is 5.92 Å². The van der Waals surface area contributed by atoms with Crippen LogP contribution in [-0.4, -0.2) is 54.3 Å². The van der Waals surface area contributed by atoms with Gasteiger partial charge in [0, 0.05) is 50.4 Å². The minimum atomic E-state index is 0.0536. The number of anilines is 1. The predicted molar refractivity (Wildman–Crippen MR) is 90.6 cm³/mol. The van der Waals surface area contributed by atoms with Crippen molar-refractivity contribution in [1.29, 1.82) is 0 Å². The molecule has 1 aromatic rings. The maximum atomic E-state index is 12.7. The number of carbonyl (C=O) groups is 2. The smallest absolute Gasteiger partial charge is 0.253 e. The van der Waals surface area contributed by atoms with Crippen LogP contribution < -0.4 is 5.32 Å². The Morgan fingerprint density at radius 3 is 2.61 bits per heavy atom. The van der Waals surface area contributed by atoms with E-state index < -0.39 is 0 Å². The van der Waals surface area contributed by atoms with E-state index in [0.717, 1.165) is 49.5 Å². The van der Waals surface area contributed by atoms with E-state index in [-0.39, 0.29) is 11.8 Å². The molecule has 5 heteroatoms. The molecule has 2 aliphatic heterocycles. The number of piperazine rings is 1. The van der Waals surface area contributed by atoms with Gasteiger partial charge in [0.25, 0.3) is 5.91 Å². The van der Waals surface area contributed by atoms with Gasteiger partial charge in [0.15, 0.2) is 0 Å². The van der Waals surface area contributed by atoms with Gasteiger partial charge >= 0.3 is 0 Å². The molecule has 1 saturated heterocycles. The summed E-state index contributed by atoms with van der Waals surface area (Å²) in [5, 5.41) is 2.86. The van der Waals surface area contributed by atoms with Crippen molar-refractivity contribution in [3.63, 3.8) is 0 Å². The predicted octanol–water partition coefficient (Wildman–Crippen LogP) is 1.99. The lowest BCUT2D eigenvalue weighted by atomic mass is 10.00. The summed E-state index contributed by atoms with van der Waals surface area (Å²) in [6, 6.07) is 5.62. The first-order chi connectivity index (χ1) is 11.0. The Labute approximate surface area is 137 Å². The summed E-state index contributed by atoms with van der Waals surface area (Å²) in [6.45, 7) is 9.03. The monoisotopic (exact) mass is 315 g/mol. The van der Waals surface area contributed by atoms with Gasteiger partial charge in [0.1, 0.15) is 0 Å². The standard InChI is InChI=1S/C18H25N3O2/c1-13(2)12-20-7-9-21(10-8-20)18(23)15-3-5-16-14(11-15)4-6-17(22)19-16/h3,5,11,13H,4,6-10,12H2,1-2H3,(H,19,22). The second-order valence-electron chi connectivity index (χ2n) is 6.91. The van der Waals surface area contributed by atoms with Crippen molar-refractivity contribution in [1.82, 2.24) is 9.80 Å². The summed E-state index contributed by atoms with van der Waals surface area (Å²) in [7, 11) is 0. The molecule has 0 aliphatic carbocycles. The van der Waals surface area contributed by atoms with Crippen molar-refractivity contribution in [2.75, 3.05) is 38.0 Å². The number of aryl methyl sites for hydroxylation is 1. The summed E-state index contributed by atoms with van der Waals surface area (Å²) in [5.41, 5.74) is 2.64. The molecule has 1 aromatic carbocycles. The molecule has 2 aliphatic rings. The molecule has 0 unspecified atom stereocenters. The van der Waals surface area contributed by atoms with Gasteiger partial charge in [-0.25, -0.2) is 0 Å². The highest BCUT2D eigenvalue weighted by Gasteiger charge is 2.23. The van der Waals surface area contributed by atoms with E-state index >= 15 is 0 Å². The van der Waals surface area contributed by atoms with Crippen LogP contribution >= 0.6 is 0 Å². The molecule has 1 N–H and O–H groups in total. The molecule has 2 heterocycles. The molecule has 23 heavy (non-hydrogen) atoms. The maximum absolute atomic E-state index is 12.7. The third-order valence-corrected chi connectivity index (χ3v) is 4.53. The van der Waals surface area contributed by atoms with Gasteiger partial charge in [-0.15, -0.1) is 0 Å². The fraction of sp³-hybridized carbons (Fsp3) is 0.556. The van der Waals surface area contributed by atoms with Crippen LogP contribution in [-0.2, 0) is 11.2 Å². The van der Waals surface area contributed by atoms with Crippen LogP contribution in [0.25, 0.3) is 0 Å². The molecule has 0 radical (unpaired) electrons. The van der Waals surface area contributed by atoms with Crippen LogP contribution in [0.15, 0.2) is 18.2 Å². The van der Waals surface area contributed by atoms with Crippen molar-refractivity contribution in [2.45, 2.75) is 26.7 Å². The number of carbonyl (C=O) groups excluding carboxylic acids is 2. The van der Waals surface area contributed by atoms with Gasteiger partial charge in [-0.2, -0.15) is 0 Å². The van der Waals surface area contributed by atoms with Gasteiger partial charge < -0.3 is 10.2 Å². The summed E-state index contributed by atoms with van der Waals surface area (Å²) in [6.07, 6.45) is 1.21. The van der Waals surface area contributed by atoms with Crippen LogP contribution in [0.4, 0.5) is 5.69 Å². The number of hydrogen-bond donors (Lipinski definition) is 1. The van der Waals surface area contributed by atoms with Gasteiger partial charge in [-0.3, -0.25) is 14.5 Å². The summed E-state index contributed by atoms with van der Waals surface area (Å²) < 4.78 is 0. The number of hydrogen-bond acceptors (Lipinski definition) is 3. The molecule has 124 valence electrons. The zero-order valence-corrected chi connectivity index (χ0v) is 14.0. The van der Waals surface area contributed by atoms with Gasteiger partial charge in [-0.1, -0.05) is 13.8 Å². The number of nitrogens with one attached hydrogen (secondary N) is 1. The SMILES string of the molecule is CC(C)CN1CCN(C(=O)c2ccc3c(c2)CCC(=O)N3)CC1. The molecule has 2 amide bonds. The van der Waals surface area contributed by atoms with E-state index in [1.807, 2.05) is 23.1 Å². The van der Waals surface area contributed by atoms with Crippen molar-refractivity contribution in [3.05, 3.63) is 29.3 Å². The van der Waals surface area contributed by atoms with Crippen molar-refractivity contribution < 1.29 is 9.59 Å². The van der Waals surface area contributed by atoms with Crippen LogP contribution in [0.3, 0.4) is 0 Å². The van der Waals surface area contributed by atoms with E-state index in [0.29, 0.717) is 18.8 Å². The first-order valence-electron chi connectivity index (χ1n) is 8.47. The second kappa shape index (κ2) is 6.71. The summed E-state index contributed by atoms with van der Waals surface area (Å²) in [5.74, 6) is 0.819.